The summed E-state index contributed by atoms with van der Waals surface area (Å²) >= 11 is 1.66. The predicted molar refractivity (Wildman–Crippen MR) is 93.5 cm³/mol. The van der Waals surface area contributed by atoms with Gasteiger partial charge >= 0.3 is 0 Å². The fraction of sp³-hybridized carbons (Fsp3) is 0.222. The Morgan fingerprint density at radius 3 is 2.61 bits per heavy atom. The average Bonchev–Trinajstić information content (AvgIpc) is 3.23. The van der Waals surface area contributed by atoms with Crippen LogP contribution in [0, 0.1) is 0 Å². The molecule has 5 heteroatoms. The van der Waals surface area contributed by atoms with Gasteiger partial charge in [-0.3, -0.25) is 4.68 Å². The average molecular weight is 323 g/mol. The van der Waals surface area contributed by atoms with E-state index >= 15 is 0 Å². The molecular formula is C18H17N3OS. The van der Waals surface area contributed by atoms with Gasteiger partial charge < -0.3 is 4.42 Å². The van der Waals surface area contributed by atoms with Crippen LogP contribution in [0.4, 0.5) is 0 Å². The minimum atomic E-state index is -0.142. The lowest BCUT2D eigenvalue weighted by atomic mass is 10.1. The maximum Gasteiger partial charge on any atom is 0.151 e. The van der Waals surface area contributed by atoms with Crippen LogP contribution in [-0.4, -0.2) is 14.8 Å². The molecule has 0 saturated carbocycles. The molecule has 116 valence electrons. The van der Waals surface area contributed by atoms with Gasteiger partial charge in [-0.15, -0.1) is 11.3 Å². The number of furan rings is 1. The fourth-order valence-corrected chi connectivity index (χ4v) is 3.50. The van der Waals surface area contributed by atoms with Gasteiger partial charge in [0.2, 0.25) is 0 Å². The summed E-state index contributed by atoms with van der Waals surface area (Å²) in [6.07, 6.45) is 1.69. The molecule has 23 heavy (non-hydrogen) atoms. The number of nitrogens with zero attached hydrogens (tertiary/aromatic N) is 3. The summed E-state index contributed by atoms with van der Waals surface area (Å²) < 4.78 is 8.77. The van der Waals surface area contributed by atoms with Crippen LogP contribution >= 0.6 is 11.3 Å². The molecule has 0 aliphatic rings. The van der Waals surface area contributed by atoms with Gasteiger partial charge in [-0.25, -0.2) is 4.98 Å². The molecule has 3 aromatic heterocycles. The van der Waals surface area contributed by atoms with Gasteiger partial charge in [0, 0.05) is 0 Å². The van der Waals surface area contributed by atoms with Gasteiger partial charge in [0.1, 0.15) is 16.4 Å². The number of aromatic nitrogens is 3. The van der Waals surface area contributed by atoms with Gasteiger partial charge in [-0.2, -0.15) is 5.10 Å². The van der Waals surface area contributed by atoms with Crippen LogP contribution in [0.25, 0.3) is 32.4 Å². The smallest absolute Gasteiger partial charge is 0.151 e. The zero-order chi connectivity index (χ0) is 16.0. The monoisotopic (exact) mass is 323 g/mol. The molecule has 4 aromatic rings. The number of thiazole rings is 1. The Balaban J connectivity index is 1.89. The van der Waals surface area contributed by atoms with Crippen LogP contribution < -0.4 is 0 Å². The zero-order valence-electron chi connectivity index (χ0n) is 13.3. The van der Waals surface area contributed by atoms with E-state index in [4.69, 9.17) is 14.5 Å². The number of benzene rings is 1. The Morgan fingerprint density at radius 2 is 1.91 bits per heavy atom. The maximum absolute atomic E-state index is 5.59. The summed E-state index contributed by atoms with van der Waals surface area (Å²) in [6, 6.07) is 14.1. The van der Waals surface area contributed by atoms with Crippen molar-refractivity contribution in [2.24, 2.45) is 0 Å². The first kappa shape index (κ1) is 14.2. The number of rotatable bonds is 2. The summed E-state index contributed by atoms with van der Waals surface area (Å²) in [7, 11) is 0. The molecular weight excluding hydrogens is 306 g/mol. The maximum atomic E-state index is 5.59. The third-order valence-corrected chi connectivity index (χ3v) is 4.69. The van der Waals surface area contributed by atoms with Crippen LogP contribution in [0.15, 0.2) is 53.1 Å². The van der Waals surface area contributed by atoms with Crippen molar-refractivity contribution >= 4 is 21.6 Å². The van der Waals surface area contributed by atoms with E-state index in [0.29, 0.717) is 0 Å². The molecule has 0 radical (unpaired) electrons. The Hall–Kier alpha value is -2.40. The van der Waals surface area contributed by atoms with E-state index < -0.39 is 0 Å². The van der Waals surface area contributed by atoms with Gasteiger partial charge in [0.05, 0.1) is 22.0 Å². The van der Waals surface area contributed by atoms with Crippen molar-refractivity contribution in [2.75, 3.05) is 0 Å². The zero-order valence-corrected chi connectivity index (χ0v) is 14.1. The minimum absolute atomic E-state index is 0.142. The van der Waals surface area contributed by atoms with Crippen molar-refractivity contribution in [3.8, 4) is 22.2 Å². The number of hydrogen-bond acceptors (Lipinski definition) is 4. The molecule has 4 rings (SSSR count). The lowest BCUT2D eigenvalue weighted by molar-refractivity contribution is 0.357. The lowest BCUT2D eigenvalue weighted by Crippen LogP contribution is -2.24. The fourth-order valence-electron chi connectivity index (χ4n) is 2.58. The number of fused-ring (bicyclic) bond motifs is 1. The highest BCUT2D eigenvalue weighted by atomic mass is 32.1. The molecule has 0 aliphatic heterocycles. The number of para-hydroxylation sites is 1. The number of hydrogen-bond donors (Lipinski definition) is 0. The standard InChI is InChI=1S/C18H17N3OS/c1-18(2,3)21-14(15-8-6-10-22-15)11-13(20-21)17-19-12-7-4-5-9-16(12)23-17/h4-11H,1-3H3. The predicted octanol–water partition coefficient (Wildman–Crippen LogP) is 5.17. The third kappa shape index (κ3) is 2.47. The summed E-state index contributed by atoms with van der Waals surface area (Å²) in [5, 5.41) is 5.74. The second-order valence-corrected chi connectivity index (χ2v) is 7.49. The summed E-state index contributed by atoms with van der Waals surface area (Å²) in [5.74, 6) is 0.819. The van der Waals surface area contributed by atoms with Crippen molar-refractivity contribution in [3.05, 3.63) is 48.7 Å². The van der Waals surface area contributed by atoms with Crippen LogP contribution in [0.3, 0.4) is 0 Å². The van der Waals surface area contributed by atoms with Crippen molar-refractivity contribution in [1.29, 1.82) is 0 Å². The van der Waals surface area contributed by atoms with Gasteiger partial charge in [0.25, 0.3) is 0 Å². The summed E-state index contributed by atoms with van der Waals surface area (Å²) in [4.78, 5) is 4.71. The summed E-state index contributed by atoms with van der Waals surface area (Å²) in [6.45, 7) is 6.40. The van der Waals surface area contributed by atoms with E-state index in [1.165, 1.54) is 4.70 Å². The highest BCUT2D eigenvalue weighted by molar-refractivity contribution is 7.21. The molecule has 0 spiro atoms. The minimum Gasteiger partial charge on any atom is -0.463 e. The Morgan fingerprint density at radius 1 is 1.09 bits per heavy atom. The molecule has 0 N–H and O–H groups in total. The van der Waals surface area contributed by atoms with Crippen molar-refractivity contribution in [3.63, 3.8) is 0 Å². The SMILES string of the molecule is CC(C)(C)n1nc(-c2nc3ccccc3s2)cc1-c1ccco1. The molecule has 0 aliphatic carbocycles. The van der Waals surface area contributed by atoms with Gasteiger partial charge in [-0.05, 0) is 51.1 Å². The first-order chi connectivity index (χ1) is 11.0. The molecule has 0 unspecified atom stereocenters. The molecule has 0 amide bonds. The largest absolute Gasteiger partial charge is 0.463 e. The Bertz CT molecular complexity index is 925. The van der Waals surface area contributed by atoms with E-state index in [0.717, 1.165) is 27.7 Å². The lowest BCUT2D eigenvalue weighted by Gasteiger charge is -2.21. The van der Waals surface area contributed by atoms with E-state index in [1.54, 1.807) is 17.6 Å². The second kappa shape index (κ2) is 5.06. The van der Waals surface area contributed by atoms with Crippen molar-refractivity contribution < 1.29 is 4.42 Å². The van der Waals surface area contributed by atoms with Crippen LogP contribution in [-0.2, 0) is 5.54 Å². The highest BCUT2D eigenvalue weighted by Gasteiger charge is 2.23. The highest BCUT2D eigenvalue weighted by Crippen LogP contribution is 2.34. The molecule has 0 atom stereocenters. The molecule has 3 heterocycles. The van der Waals surface area contributed by atoms with E-state index in [1.807, 2.05) is 35.0 Å². The third-order valence-electron chi connectivity index (χ3n) is 3.63. The van der Waals surface area contributed by atoms with E-state index in [-0.39, 0.29) is 5.54 Å². The Kier molecular flexibility index (Phi) is 3.13. The van der Waals surface area contributed by atoms with Crippen molar-refractivity contribution in [2.45, 2.75) is 26.3 Å². The molecule has 4 nitrogen and oxygen atoms in total. The molecule has 0 fully saturated rings. The molecule has 1 aromatic carbocycles. The van der Waals surface area contributed by atoms with Crippen LogP contribution in [0.5, 0.6) is 0 Å². The van der Waals surface area contributed by atoms with Crippen LogP contribution in [0.1, 0.15) is 20.8 Å². The van der Waals surface area contributed by atoms with Gasteiger partial charge in [-0.1, -0.05) is 12.1 Å². The first-order valence-electron chi connectivity index (χ1n) is 7.53. The van der Waals surface area contributed by atoms with Gasteiger partial charge in [0.15, 0.2) is 5.76 Å². The van der Waals surface area contributed by atoms with E-state index in [9.17, 15) is 0 Å². The van der Waals surface area contributed by atoms with Crippen LogP contribution in [0.2, 0.25) is 0 Å². The Labute approximate surface area is 138 Å². The van der Waals surface area contributed by atoms with E-state index in [2.05, 4.69) is 32.9 Å². The first-order valence-corrected chi connectivity index (χ1v) is 8.34. The second-order valence-electron chi connectivity index (χ2n) is 6.46. The summed E-state index contributed by atoms with van der Waals surface area (Å²) in [5.41, 5.74) is 2.72. The molecule has 0 saturated heterocycles. The normalized spacial score (nSPS) is 12.1. The quantitative estimate of drug-likeness (QED) is 0.511. The topological polar surface area (TPSA) is 43.9 Å². The molecule has 0 bridgehead atoms. The van der Waals surface area contributed by atoms with Crippen molar-refractivity contribution in [1.82, 2.24) is 14.8 Å².